The molecule has 0 spiro atoms. The van der Waals surface area contributed by atoms with Crippen LogP contribution < -0.4 is 10.1 Å². The van der Waals surface area contributed by atoms with Gasteiger partial charge in [0.05, 0.1) is 24.0 Å². The summed E-state index contributed by atoms with van der Waals surface area (Å²) in [5, 5.41) is 3.28. The van der Waals surface area contributed by atoms with E-state index < -0.39 is 0 Å². The minimum atomic E-state index is 0.107. The number of hydrogen-bond acceptors (Lipinski definition) is 4. The maximum absolute atomic E-state index is 5.64. The Kier molecular flexibility index (Phi) is 4.12. The van der Waals surface area contributed by atoms with E-state index in [9.17, 15) is 0 Å². The third kappa shape index (κ3) is 3.45. The van der Waals surface area contributed by atoms with Gasteiger partial charge in [-0.15, -0.1) is 0 Å². The van der Waals surface area contributed by atoms with Crippen molar-refractivity contribution < 1.29 is 4.74 Å². The first-order valence-electron chi connectivity index (χ1n) is 6.01. The van der Waals surface area contributed by atoms with Crippen LogP contribution in [-0.4, -0.2) is 16.1 Å². The molecule has 1 N–H and O–H groups in total. The van der Waals surface area contributed by atoms with Gasteiger partial charge in [-0.2, -0.15) is 0 Å². The van der Waals surface area contributed by atoms with Crippen molar-refractivity contribution in [1.82, 2.24) is 9.97 Å². The third-order valence-corrected chi connectivity index (χ3v) is 2.30. The molecule has 0 unspecified atom stereocenters. The molecule has 0 aliphatic rings. The lowest BCUT2D eigenvalue weighted by Gasteiger charge is -2.13. The number of hydrogen-bond donors (Lipinski definition) is 1. The summed E-state index contributed by atoms with van der Waals surface area (Å²) in [6.07, 6.45) is 3.62. The van der Waals surface area contributed by atoms with Crippen LogP contribution in [0.5, 0.6) is 5.88 Å². The summed E-state index contributed by atoms with van der Waals surface area (Å²) in [6, 6.07) is 9.69. The molecular weight excluding hydrogens is 226 g/mol. The van der Waals surface area contributed by atoms with Crippen LogP contribution in [0.4, 0.5) is 5.69 Å². The summed E-state index contributed by atoms with van der Waals surface area (Å²) in [6.45, 7) is 4.62. The Labute approximate surface area is 107 Å². The quantitative estimate of drug-likeness (QED) is 0.877. The lowest BCUT2D eigenvalue weighted by molar-refractivity contribution is 0.234. The second-order valence-electron chi connectivity index (χ2n) is 4.20. The third-order valence-electron chi connectivity index (χ3n) is 2.30. The molecule has 0 radical (unpaired) electrons. The molecule has 4 nitrogen and oxygen atoms in total. The van der Waals surface area contributed by atoms with Gasteiger partial charge in [0.15, 0.2) is 0 Å². The topological polar surface area (TPSA) is 47.0 Å². The minimum Gasteiger partial charge on any atom is -0.473 e. The molecule has 4 heteroatoms. The van der Waals surface area contributed by atoms with E-state index in [1.165, 1.54) is 0 Å². The summed E-state index contributed by atoms with van der Waals surface area (Å²) in [5.74, 6) is 0.628. The van der Waals surface area contributed by atoms with E-state index in [4.69, 9.17) is 4.74 Å². The summed E-state index contributed by atoms with van der Waals surface area (Å²) in [4.78, 5) is 8.49. The van der Waals surface area contributed by atoms with E-state index in [1.54, 1.807) is 12.4 Å². The zero-order valence-electron chi connectivity index (χ0n) is 10.6. The van der Waals surface area contributed by atoms with Gasteiger partial charge in [-0.25, -0.2) is 4.98 Å². The molecule has 94 valence electrons. The van der Waals surface area contributed by atoms with E-state index in [2.05, 4.69) is 15.3 Å². The van der Waals surface area contributed by atoms with E-state index >= 15 is 0 Å². The molecule has 2 aromatic heterocycles. The van der Waals surface area contributed by atoms with Crippen LogP contribution in [0.3, 0.4) is 0 Å². The van der Waals surface area contributed by atoms with Crippen LogP contribution in [0.15, 0.2) is 42.7 Å². The molecule has 0 saturated carbocycles. The Bertz CT molecular complexity index is 485. The highest BCUT2D eigenvalue weighted by Gasteiger charge is 2.06. The van der Waals surface area contributed by atoms with Crippen molar-refractivity contribution in [3.05, 3.63) is 48.4 Å². The fourth-order valence-electron chi connectivity index (χ4n) is 1.53. The van der Waals surface area contributed by atoms with Crippen molar-refractivity contribution in [2.45, 2.75) is 26.5 Å². The average molecular weight is 243 g/mol. The second-order valence-corrected chi connectivity index (χ2v) is 4.20. The number of nitrogens with one attached hydrogen (secondary N) is 1. The number of rotatable bonds is 5. The van der Waals surface area contributed by atoms with Gasteiger partial charge in [-0.05, 0) is 38.1 Å². The molecule has 0 amide bonds. The SMILES string of the molecule is CC(C)Oc1ncccc1NCc1ccccn1. The largest absolute Gasteiger partial charge is 0.473 e. The number of pyridine rings is 2. The highest BCUT2D eigenvalue weighted by molar-refractivity contribution is 5.52. The maximum atomic E-state index is 5.64. The molecule has 0 fully saturated rings. The summed E-state index contributed by atoms with van der Waals surface area (Å²) < 4.78 is 5.64. The van der Waals surface area contributed by atoms with Crippen molar-refractivity contribution in [2.24, 2.45) is 0 Å². The van der Waals surface area contributed by atoms with Crippen LogP contribution in [0.1, 0.15) is 19.5 Å². The van der Waals surface area contributed by atoms with Crippen LogP contribution >= 0.6 is 0 Å². The number of ether oxygens (including phenoxy) is 1. The molecule has 0 bridgehead atoms. The molecule has 18 heavy (non-hydrogen) atoms. The van der Waals surface area contributed by atoms with Crippen LogP contribution in [-0.2, 0) is 6.54 Å². The lowest BCUT2D eigenvalue weighted by atomic mass is 10.3. The Morgan fingerprint density at radius 3 is 2.67 bits per heavy atom. The first-order chi connectivity index (χ1) is 8.75. The monoisotopic (exact) mass is 243 g/mol. The highest BCUT2D eigenvalue weighted by atomic mass is 16.5. The molecule has 2 heterocycles. The first-order valence-corrected chi connectivity index (χ1v) is 6.01. The zero-order valence-corrected chi connectivity index (χ0v) is 10.6. The van der Waals surface area contributed by atoms with Gasteiger partial charge in [-0.3, -0.25) is 4.98 Å². The van der Waals surface area contributed by atoms with Gasteiger partial charge in [0.1, 0.15) is 0 Å². The van der Waals surface area contributed by atoms with Gasteiger partial charge < -0.3 is 10.1 Å². The molecule has 0 aliphatic carbocycles. The molecule has 0 aliphatic heterocycles. The Hall–Kier alpha value is -2.10. The van der Waals surface area contributed by atoms with Crippen molar-refractivity contribution in [1.29, 1.82) is 0 Å². The molecular formula is C14H17N3O. The minimum absolute atomic E-state index is 0.107. The average Bonchev–Trinajstić information content (AvgIpc) is 2.38. The van der Waals surface area contributed by atoms with Crippen LogP contribution in [0.25, 0.3) is 0 Å². The fourth-order valence-corrected chi connectivity index (χ4v) is 1.53. The van der Waals surface area contributed by atoms with E-state index in [-0.39, 0.29) is 6.10 Å². The highest BCUT2D eigenvalue weighted by Crippen LogP contribution is 2.22. The number of nitrogens with zero attached hydrogens (tertiary/aromatic N) is 2. The molecule has 0 atom stereocenters. The van der Waals surface area contributed by atoms with Crippen molar-refractivity contribution >= 4 is 5.69 Å². The Morgan fingerprint density at radius 2 is 1.94 bits per heavy atom. The second kappa shape index (κ2) is 6.00. The fraction of sp³-hybridized carbons (Fsp3) is 0.286. The summed E-state index contributed by atoms with van der Waals surface area (Å²) in [5.41, 5.74) is 1.87. The van der Waals surface area contributed by atoms with Crippen molar-refractivity contribution in [2.75, 3.05) is 5.32 Å². The molecule has 2 rings (SSSR count). The van der Waals surface area contributed by atoms with Gasteiger partial charge in [0.2, 0.25) is 5.88 Å². The van der Waals surface area contributed by atoms with E-state index in [1.807, 2.05) is 44.2 Å². The first kappa shape index (κ1) is 12.4. The number of aromatic nitrogens is 2. The van der Waals surface area contributed by atoms with Crippen molar-refractivity contribution in [3.8, 4) is 5.88 Å². The van der Waals surface area contributed by atoms with Gasteiger partial charge in [0.25, 0.3) is 0 Å². The Balaban J connectivity index is 2.05. The maximum Gasteiger partial charge on any atom is 0.237 e. The van der Waals surface area contributed by atoms with Gasteiger partial charge in [-0.1, -0.05) is 6.07 Å². The van der Waals surface area contributed by atoms with Crippen LogP contribution in [0.2, 0.25) is 0 Å². The lowest BCUT2D eigenvalue weighted by Crippen LogP contribution is -2.10. The number of anilines is 1. The van der Waals surface area contributed by atoms with Gasteiger partial charge >= 0.3 is 0 Å². The molecule has 2 aromatic rings. The normalized spacial score (nSPS) is 10.4. The van der Waals surface area contributed by atoms with E-state index in [0.29, 0.717) is 12.4 Å². The van der Waals surface area contributed by atoms with Gasteiger partial charge in [0, 0.05) is 12.4 Å². The Morgan fingerprint density at radius 1 is 1.11 bits per heavy atom. The standard InChI is InChI=1S/C14H17N3O/c1-11(2)18-14-13(7-5-9-16-14)17-10-12-6-3-4-8-15-12/h3-9,11,17H,10H2,1-2H3. The van der Waals surface area contributed by atoms with Crippen molar-refractivity contribution in [3.63, 3.8) is 0 Å². The zero-order chi connectivity index (χ0) is 12.8. The molecule has 0 aromatic carbocycles. The summed E-state index contributed by atoms with van der Waals surface area (Å²) >= 11 is 0. The van der Waals surface area contributed by atoms with Crippen LogP contribution in [0, 0.1) is 0 Å². The predicted octanol–water partition coefficient (Wildman–Crippen LogP) is 2.88. The summed E-state index contributed by atoms with van der Waals surface area (Å²) in [7, 11) is 0. The van der Waals surface area contributed by atoms with E-state index in [0.717, 1.165) is 11.4 Å². The predicted molar refractivity (Wildman–Crippen MR) is 71.6 cm³/mol. The smallest absolute Gasteiger partial charge is 0.237 e. The molecule has 0 saturated heterocycles.